The van der Waals surface area contributed by atoms with Crippen LogP contribution in [0.1, 0.15) is 41.0 Å². The molecule has 1 saturated carbocycles. The minimum atomic E-state index is -0.261. The minimum Gasteiger partial charge on any atom is -0.368 e. The van der Waals surface area contributed by atoms with Crippen LogP contribution in [0.15, 0.2) is 42.9 Å². The van der Waals surface area contributed by atoms with E-state index in [4.69, 9.17) is 5.73 Å². The molecule has 4 rings (SSSR count). The van der Waals surface area contributed by atoms with Crippen molar-refractivity contribution in [2.24, 2.45) is 0 Å². The Hall–Kier alpha value is -2.76. The number of aromatic nitrogens is 4. The SMILES string of the molecule is Nc1nccc(-c2c(-c3ccc(F)cc3)ncn2C2CCCCC2)n1.[H+].[H+]. The molecule has 0 unspecified atom stereocenters. The summed E-state index contributed by atoms with van der Waals surface area (Å²) in [4.78, 5) is 13.0. The highest BCUT2D eigenvalue weighted by atomic mass is 19.1. The van der Waals surface area contributed by atoms with Gasteiger partial charge in [0.05, 0.1) is 23.4 Å². The van der Waals surface area contributed by atoms with E-state index in [0.717, 1.165) is 35.5 Å². The second-order valence-electron chi connectivity index (χ2n) is 6.45. The minimum absolute atomic E-state index is 0. The van der Waals surface area contributed by atoms with Gasteiger partial charge < -0.3 is 10.3 Å². The number of hydrogen-bond donors (Lipinski definition) is 1. The first-order valence-electron chi connectivity index (χ1n) is 8.64. The number of benzene rings is 1. The highest BCUT2D eigenvalue weighted by molar-refractivity contribution is 5.77. The third kappa shape index (κ3) is 3.12. The smallest absolute Gasteiger partial charge is 0.368 e. The van der Waals surface area contributed by atoms with Gasteiger partial charge in [0.2, 0.25) is 5.95 Å². The molecule has 0 radical (unpaired) electrons. The van der Waals surface area contributed by atoms with Gasteiger partial charge in [0.1, 0.15) is 5.82 Å². The highest BCUT2D eigenvalue weighted by Gasteiger charge is 2.23. The summed E-state index contributed by atoms with van der Waals surface area (Å²) in [6, 6.07) is 8.65. The van der Waals surface area contributed by atoms with E-state index in [1.54, 1.807) is 18.3 Å². The molecular formula is C19H22FN5+2. The number of nitrogens with two attached hydrogens (primary N) is 1. The van der Waals surface area contributed by atoms with E-state index >= 15 is 0 Å². The van der Waals surface area contributed by atoms with Gasteiger partial charge in [-0.1, -0.05) is 19.3 Å². The van der Waals surface area contributed by atoms with Crippen LogP contribution in [0.4, 0.5) is 10.3 Å². The Labute approximate surface area is 148 Å². The number of hydrogen-bond acceptors (Lipinski definition) is 4. The van der Waals surface area contributed by atoms with Gasteiger partial charge in [0, 0.05) is 17.8 Å². The third-order valence-electron chi connectivity index (χ3n) is 4.80. The van der Waals surface area contributed by atoms with Crippen molar-refractivity contribution in [2.45, 2.75) is 38.1 Å². The maximum Gasteiger partial charge on any atom is 1.00 e. The molecule has 0 spiro atoms. The molecule has 5 nitrogen and oxygen atoms in total. The van der Waals surface area contributed by atoms with Crippen LogP contribution in [0.3, 0.4) is 0 Å². The molecule has 1 aliphatic carbocycles. The number of nitrogens with zero attached hydrogens (tertiary/aromatic N) is 4. The van der Waals surface area contributed by atoms with Gasteiger partial charge in [0.25, 0.3) is 0 Å². The first kappa shape index (κ1) is 15.7. The van der Waals surface area contributed by atoms with Crippen molar-refractivity contribution in [3.8, 4) is 22.6 Å². The van der Waals surface area contributed by atoms with Crippen LogP contribution >= 0.6 is 0 Å². The standard InChI is InChI=1S/C19H20FN5/c20-14-8-6-13(7-9-14)17-18(16-10-11-22-19(21)24-16)25(12-23-17)15-4-2-1-3-5-15/h6-12,15H,1-5H2,(H2,21,22,24)/p+2. The lowest BCUT2D eigenvalue weighted by atomic mass is 9.95. The molecule has 128 valence electrons. The zero-order valence-corrected chi connectivity index (χ0v) is 13.9. The Balaban J connectivity index is 0.00000131. The number of imidazole rings is 1. The van der Waals surface area contributed by atoms with Gasteiger partial charge in [-0.05, 0) is 43.2 Å². The molecule has 0 saturated heterocycles. The summed E-state index contributed by atoms with van der Waals surface area (Å²) in [6.07, 6.45) is 9.53. The van der Waals surface area contributed by atoms with Crippen LogP contribution < -0.4 is 5.73 Å². The first-order chi connectivity index (χ1) is 12.2. The normalized spacial score (nSPS) is 15.4. The molecular weight excluding hydrogens is 317 g/mol. The number of nitrogen functional groups attached to an aromatic ring is 1. The van der Waals surface area contributed by atoms with E-state index in [9.17, 15) is 4.39 Å². The summed E-state index contributed by atoms with van der Waals surface area (Å²) in [5, 5.41) is 0. The average molecular weight is 339 g/mol. The summed E-state index contributed by atoms with van der Waals surface area (Å²) in [7, 11) is 0. The zero-order chi connectivity index (χ0) is 17.2. The Morgan fingerprint density at radius 1 is 1.04 bits per heavy atom. The molecule has 0 amide bonds. The van der Waals surface area contributed by atoms with Gasteiger partial charge >= 0.3 is 2.85 Å². The molecule has 2 aromatic heterocycles. The van der Waals surface area contributed by atoms with Crippen LogP contribution in [0.5, 0.6) is 0 Å². The van der Waals surface area contributed by atoms with E-state index in [-0.39, 0.29) is 14.6 Å². The average Bonchev–Trinajstić information content (AvgIpc) is 3.08. The number of halogens is 1. The van der Waals surface area contributed by atoms with E-state index < -0.39 is 0 Å². The van der Waals surface area contributed by atoms with Crippen molar-refractivity contribution >= 4 is 5.95 Å². The number of anilines is 1. The predicted octanol–water partition coefficient (Wildman–Crippen LogP) is 4.46. The fourth-order valence-electron chi connectivity index (χ4n) is 3.58. The third-order valence-corrected chi connectivity index (χ3v) is 4.80. The lowest BCUT2D eigenvalue weighted by Gasteiger charge is -2.25. The maximum absolute atomic E-state index is 13.3. The summed E-state index contributed by atoms with van der Waals surface area (Å²) < 4.78 is 15.5. The van der Waals surface area contributed by atoms with Gasteiger partial charge in [-0.25, -0.2) is 19.3 Å². The quantitative estimate of drug-likeness (QED) is 0.765. The molecule has 2 N–H and O–H groups in total. The zero-order valence-electron chi connectivity index (χ0n) is 15.9. The van der Waals surface area contributed by atoms with Crippen molar-refractivity contribution < 1.29 is 7.24 Å². The summed E-state index contributed by atoms with van der Waals surface area (Å²) >= 11 is 0. The second-order valence-corrected chi connectivity index (χ2v) is 6.45. The van der Waals surface area contributed by atoms with Gasteiger partial charge in [-0.2, -0.15) is 0 Å². The van der Waals surface area contributed by atoms with E-state index in [1.807, 2.05) is 12.4 Å². The molecule has 25 heavy (non-hydrogen) atoms. The Morgan fingerprint density at radius 3 is 2.52 bits per heavy atom. The van der Waals surface area contributed by atoms with Crippen molar-refractivity contribution in [1.82, 2.24) is 19.5 Å². The van der Waals surface area contributed by atoms with Crippen molar-refractivity contribution in [1.29, 1.82) is 0 Å². The lowest BCUT2D eigenvalue weighted by molar-refractivity contribution is 0.355. The van der Waals surface area contributed by atoms with Crippen LogP contribution in [-0.4, -0.2) is 19.5 Å². The monoisotopic (exact) mass is 339 g/mol. The highest BCUT2D eigenvalue weighted by Crippen LogP contribution is 2.37. The first-order valence-corrected chi connectivity index (χ1v) is 8.64. The van der Waals surface area contributed by atoms with Gasteiger partial charge in [-0.15, -0.1) is 0 Å². The van der Waals surface area contributed by atoms with Crippen molar-refractivity contribution in [3.05, 3.63) is 48.7 Å². The van der Waals surface area contributed by atoms with Crippen LogP contribution in [0.25, 0.3) is 22.6 Å². The maximum atomic E-state index is 13.3. The summed E-state index contributed by atoms with van der Waals surface area (Å²) in [5.41, 5.74) is 9.13. The van der Waals surface area contributed by atoms with Crippen LogP contribution in [0, 0.1) is 5.82 Å². The fourth-order valence-corrected chi connectivity index (χ4v) is 3.58. The summed E-state index contributed by atoms with van der Waals surface area (Å²) in [6.45, 7) is 0. The molecule has 3 aromatic rings. The molecule has 0 aliphatic heterocycles. The van der Waals surface area contributed by atoms with E-state index in [1.165, 1.54) is 31.4 Å². The lowest BCUT2D eigenvalue weighted by Crippen LogP contribution is -2.13. The van der Waals surface area contributed by atoms with Crippen molar-refractivity contribution in [3.63, 3.8) is 0 Å². The van der Waals surface area contributed by atoms with Gasteiger partial charge in [0.15, 0.2) is 0 Å². The Bertz CT molecular complexity index is 876. The second kappa shape index (κ2) is 6.63. The predicted molar refractivity (Wildman–Crippen MR) is 97.4 cm³/mol. The molecule has 1 aliphatic rings. The largest absolute Gasteiger partial charge is 1.00 e. The van der Waals surface area contributed by atoms with Gasteiger partial charge in [-0.3, -0.25) is 0 Å². The topological polar surface area (TPSA) is 69.6 Å². The number of rotatable bonds is 3. The summed E-state index contributed by atoms with van der Waals surface area (Å²) in [5.74, 6) is -0.0257. The molecule has 1 aromatic carbocycles. The van der Waals surface area contributed by atoms with Crippen LogP contribution in [0.2, 0.25) is 0 Å². The molecule has 0 atom stereocenters. The Kier molecular flexibility index (Phi) is 4.17. The van der Waals surface area contributed by atoms with Crippen molar-refractivity contribution in [2.75, 3.05) is 5.73 Å². The molecule has 0 bridgehead atoms. The van der Waals surface area contributed by atoms with E-state index in [2.05, 4.69) is 19.5 Å². The van der Waals surface area contributed by atoms with Crippen LogP contribution in [-0.2, 0) is 0 Å². The molecule has 2 heterocycles. The fraction of sp³-hybridized carbons (Fsp3) is 0.316. The molecule has 1 fully saturated rings. The molecule has 6 heteroatoms. The Morgan fingerprint density at radius 2 is 1.80 bits per heavy atom. The van der Waals surface area contributed by atoms with E-state index in [0.29, 0.717) is 6.04 Å².